The van der Waals surface area contributed by atoms with E-state index < -0.39 is 29.9 Å². The third kappa shape index (κ3) is 15.8. The molecule has 1 unspecified atom stereocenters. The summed E-state index contributed by atoms with van der Waals surface area (Å²) >= 11 is 0. The maximum atomic E-state index is 11.9. The first kappa shape index (κ1) is 30.4. The van der Waals surface area contributed by atoms with Gasteiger partial charge in [-0.1, -0.05) is 6.92 Å². The van der Waals surface area contributed by atoms with Gasteiger partial charge in [0.25, 0.3) is 0 Å². The van der Waals surface area contributed by atoms with Crippen molar-refractivity contribution < 1.29 is 44.4 Å². The van der Waals surface area contributed by atoms with Crippen molar-refractivity contribution in [1.29, 1.82) is 0 Å². The van der Waals surface area contributed by atoms with Gasteiger partial charge in [-0.15, -0.1) is 0 Å². The van der Waals surface area contributed by atoms with Gasteiger partial charge in [0.1, 0.15) is 11.8 Å². The molecule has 0 aliphatic carbocycles. The van der Waals surface area contributed by atoms with Crippen LogP contribution >= 0.6 is 0 Å². The number of hydrogen-bond donors (Lipinski definition) is 5. The van der Waals surface area contributed by atoms with E-state index >= 15 is 0 Å². The highest BCUT2D eigenvalue weighted by Crippen LogP contribution is 2.10. The number of carbonyl (C=O) groups is 5. The van der Waals surface area contributed by atoms with Crippen molar-refractivity contribution in [2.24, 2.45) is 0 Å². The minimum Gasteiger partial charge on any atom is -0.480 e. The van der Waals surface area contributed by atoms with E-state index in [-0.39, 0.29) is 77.5 Å². The van der Waals surface area contributed by atoms with Gasteiger partial charge in [-0.25, -0.2) is 0 Å². The number of carboxylic acid groups (broad SMARTS) is 4. The Hall–Kier alpha value is -2.61. The Balaban J connectivity index is 5.31. The van der Waals surface area contributed by atoms with Crippen LogP contribution in [0.3, 0.4) is 0 Å². The summed E-state index contributed by atoms with van der Waals surface area (Å²) in [7, 11) is 0. The van der Waals surface area contributed by atoms with Crippen molar-refractivity contribution >= 4 is 29.7 Å². The van der Waals surface area contributed by atoms with E-state index in [1.807, 2.05) is 0 Å². The average molecular weight is 477 g/mol. The molecule has 0 aromatic rings. The molecule has 0 aromatic heterocycles. The maximum Gasteiger partial charge on any atom is 0.320 e. The Morgan fingerprint density at radius 2 is 1.33 bits per heavy atom. The van der Waals surface area contributed by atoms with Crippen molar-refractivity contribution in [3.8, 4) is 0 Å². The highest BCUT2D eigenvalue weighted by molar-refractivity contribution is 5.78. The van der Waals surface area contributed by atoms with Crippen LogP contribution < -0.4 is 5.32 Å². The number of carboxylic acids is 4. The third-order valence-corrected chi connectivity index (χ3v) is 4.95. The van der Waals surface area contributed by atoms with E-state index in [9.17, 15) is 29.1 Å². The predicted octanol–water partition coefficient (Wildman–Crippen LogP) is -1.42. The predicted molar refractivity (Wildman–Crippen MR) is 117 cm³/mol. The molecule has 0 aliphatic rings. The largest absolute Gasteiger partial charge is 0.480 e. The van der Waals surface area contributed by atoms with Crippen molar-refractivity contribution in [2.75, 3.05) is 65.4 Å². The maximum absolute atomic E-state index is 11.9. The van der Waals surface area contributed by atoms with E-state index in [4.69, 9.17) is 15.3 Å². The molecule has 0 amide bonds. The highest BCUT2D eigenvalue weighted by atomic mass is 16.4. The second-order valence-corrected chi connectivity index (χ2v) is 7.63. The van der Waals surface area contributed by atoms with E-state index in [0.29, 0.717) is 6.54 Å². The molecule has 5 N–H and O–H groups in total. The second kappa shape index (κ2) is 16.9. The molecule has 13 nitrogen and oxygen atoms in total. The fourth-order valence-electron chi connectivity index (χ4n) is 3.20. The molecule has 190 valence electrons. The summed E-state index contributed by atoms with van der Waals surface area (Å²) < 4.78 is 0. The fourth-order valence-corrected chi connectivity index (χ4v) is 3.20. The normalized spacial score (nSPS) is 12.3. The van der Waals surface area contributed by atoms with Crippen LogP contribution in [0, 0.1) is 0 Å². The number of aliphatic carboxylic acids is 4. The molecule has 0 saturated heterocycles. The number of nitrogens with zero attached hydrogens (tertiary/aromatic N) is 3. The van der Waals surface area contributed by atoms with Crippen molar-refractivity contribution in [2.45, 2.75) is 32.7 Å². The number of carbonyl (C=O) groups excluding carboxylic acids is 1. The smallest absolute Gasteiger partial charge is 0.320 e. The van der Waals surface area contributed by atoms with Crippen molar-refractivity contribution in [1.82, 2.24) is 20.0 Å². The first-order chi connectivity index (χ1) is 15.5. The minimum absolute atomic E-state index is 0.0675. The number of hydrogen-bond acceptors (Lipinski definition) is 9. The zero-order valence-corrected chi connectivity index (χ0v) is 19.2. The summed E-state index contributed by atoms with van der Waals surface area (Å²) in [5, 5.41) is 39.3. The molecule has 0 fully saturated rings. The van der Waals surface area contributed by atoms with E-state index in [1.54, 1.807) is 21.6 Å². The number of nitrogens with one attached hydrogen (secondary N) is 1. The Morgan fingerprint density at radius 3 is 1.79 bits per heavy atom. The van der Waals surface area contributed by atoms with Crippen molar-refractivity contribution in [3.63, 3.8) is 0 Å². The first-order valence-electron chi connectivity index (χ1n) is 10.7. The van der Waals surface area contributed by atoms with Gasteiger partial charge in [0.05, 0.1) is 19.6 Å². The van der Waals surface area contributed by atoms with E-state index in [0.717, 1.165) is 0 Å². The Bertz CT molecular complexity index is 659. The summed E-state index contributed by atoms with van der Waals surface area (Å²) in [6.07, 6.45) is 0.146. The van der Waals surface area contributed by atoms with Gasteiger partial charge in [0.2, 0.25) is 0 Å². The summed E-state index contributed by atoms with van der Waals surface area (Å²) in [4.78, 5) is 61.0. The van der Waals surface area contributed by atoms with Gasteiger partial charge in [0, 0.05) is 45.7 Å². The molecule has 0 saturated carbocycles. The lowest BCUT2D eigenvalue weighted by molar-refractivity contribution is -0.145. The molecule has 0 rings (SSSR count). The quantitative estimate of drug-likeness (QED) is 0.121. The zero-order chi connectivity index (χ0) is 25.4. The van der Waals surface area contributed by atoms with Crippen LogP contribution in [0.1, 0.15) is 26.7 Å². The average Bonchev–Trinajstić information content (AvgIpc) is 2.69. The first-order valence-corrected chi connectivity index (χ1v) is 10.7. The summed E-state index contributed by atoms with van der Waals surface area (Å²) in [6, 6.07) is -0.991. The van der Waals surface area contributed by atoms with Crippen LogP contribution in [0.5, 0.6) is 0 Å². The molecular weight excluding hydrogens is 440 g/mol. The van der Waals surface area contributed by atoms with Crippen LogP contribution in [0.4, 0.5) is 0 Å². The molecule has 33 heavy (non-hydrogen) atoms. The fraction of sp³-hybridized carbons (Fsp3) is 0.750. The van der Waals surface area contributed by atoms with Crippen LogP contribution in [-0.2, 0) is 24.0 Å². The molecule has 0 radical (unpaired) electrons. The van der Waals surface area contributed by atoms with Gasteiger partial charge in [-0.2, -0.15) is 0 Å². The van der Waals surface area contributed by atoms with Gasteiger partial charge in [-0.05, 0) is 19.9 Å². The van der Waals surface area contributed by atoms with Gasteiger partial charge in [-0.3, -0.25) is 33.9 Å². The topological polar surface area (TPSA) is 188 Å². The molecule has 0 spiro atoms. The third-order valence-electron chi connectivity index (χ3n) is 4.95. The molecular formula is C20H36N4O9. The Labute approximate surface area is 192 Å². The van der Waals surface area contributed by atoms with Crippen LogP contribution in [-0.4, -0.2) is 136 Å². The van der Waals surface area contributed by atoms with E-state index in [1.165, 1.54) is 6.92 Å². The highest BCUT2D eigenvalue weighted by Gasteiger charge is 2.27. The number of Topliss-reactive ketones (excluding diaryl/α,β-unsaturated/α-hetero) is 1. The molecule has 0 bridgehead atoms. The lowest BCUT2D eigenvalue weighted by Gasteiger charge is -2.32. The van der Waals surface area contributed by atoms with Crippen LogP contribution in [0.15, 0.2) is 0 Å². The standard InChI is InChI=1S/C20H36N4O9/c1-3-22(13-18(28)29)8-10-24(16(20(32)33)5-4-15(2)25)11-9-23(14-19(30)31)7-6-21-12-17(26)27/h16,21H,3-14H2,1-2H3,(H,26,27)(H,28,29)(H,30,31)(H,32,33). The van der Waals surface area contributed by atoms with Gasteiger partial charge < -0.3 is 30.5 Å². The second-order valence-electron chi connectivity index (χ2n) is 7.63. The Morgan fingerprint density at radius 1 is 0.788 bits per heavy atom. The summed E-state index contributed by atoms with van der Waals surface area (Å²) in [5.41, 5.74) is 0. The monoisotopic (exact) mass is 476 g/mol. The summed E-state index contributed by atoms with van der Waals surface area (Å²) in [6.45, 7) is 4.16. The minimum atomic E-state index is -1.12. The molecule has 13 heteroatoms. The molecule has 1 atom stereocenters. The zero-order valence-electron chi connectivity index (χ0n) is 19.2. The number of likely N-dealkylation sites (N-methyl/N-ethyl adjacent to an activating group) is 1. The van der Waals surface area contributed by atoms with Crippen LogP contribution in [0.25, 0.3) is 0 Å². The van der Waals surface area contributed by atoms with Crippen molar-refractivity contribution in [3.05, 3.63) is 0 Å². The molecule has 0 aliphatic heterocycles. The Kier molecular flexibility index (Phi) is 15.6. The molecule has 0 aromatic carbocycles. The lowest BCUT2D eigenvalue weighted by atomic mass is 10.1. The summed E-state index contributed by atoms with van der Waals surface area (Å²) in [5.74, 6) is -4.40. The number of ketones is 1. The van der Waals surface area contributed by atoms with Crippen LogP contribution in [0.2, 0.25) is 0 Å². The number of rotatable bonds is 21. The van der Waals surface area contributed by atoms with E-state index in [2.05, 4.69) is 5.32 Å². The lowest BCUT2D eigenvalue weighted by Crippen LogP contribution is -2.49. The SMILES string of the molecule is CCN(CCN(CCN(CCNCC(=O)O)CC(=O)O)C(CCC(C)=O)C(=O)O)CC(=O)O. The molecule has 0 heterocycles. The van der Waals surface area contributed by atoms with Gasteiger partial charge in [0.15, 0.2) is 0 Å². The van der Waals surface area contributed by atoms with Gasteiger partial charge >= 0.3 is 23.9 Å².